The molecule has 0 saturated heterocycles. The highest BCUT2D eigenvalue weighted by Gasteiger charge is 2.15. The maximum atomic E-state index is 12.1. The lowest BCUT2D eigenvalue weighted by molar-refractivity contribution is 0.0926. The average molecular weight is 277 g/mol. The predicted molar refractivity (Wildman–Crippen MR) is 78.5 cm³/mol. The zero-order valence-corrected chi connectivity index (χ0v) is 12.0. The largest absolute Gasteiger partial charge is 0.348 e. The number of nitrogens with zero attached hydrogens (tertiary/aromatic N) is 1. The van der Waals surface area contributed by atoms with Gasteiger partial charge in [-0.1, -0.05) is 43.6 Å². The van der Waals surface area contributed by atoms with E-state index in [0.29, 0.717) is 16.6 Å². The molecule has 0 bridgehead atoms. The van der Waals surface area contributed by atoms with Crippen LogP contribution in [0.5, 0.6) is 0 Å². The van der Waals surface area contributed by atoms with Crippen LogP contribution in [-0.4, -0.2) is 16.9 Å². The van der Waals surface area contributed by atoms with Crippen molar-refractivity contribution in [2.75, 3.05) is 0 Å². The first-order valence-corrected chi connectivity index (χ1v) is 6.73. The Morgan fingerprint density at radius 1 is 1.26 bits per heavy atom. The molecule has 1 aromatic carbocycles. The third kappa shape index (κ3) is 3.04. The van der Waals surface area contributed by atoms with Crippen molar-refractivity contribution in [2.24, 2.45) is 5.92 Å². The zero-order chi connectivity index (χ0) is 14.0. The number of hydrogen-bond donors (Lipinski definition) is 1. The molecule has 0 radical (unpaired) electrons. The van der Waals surface area contributed by atoms with E-state index in [1.54, 1.807) is 6.07 Å². The molecule has 0 saturated carbocycles. The standard InChI is InChI=1S/C15H17ClN2O/c1-9(2)10(3)17-15(19)14-8-12(16)11-6-4-5-7-13(11)18-14/h4-10H,1-3H3,(H,17,19). The minimum absolute atomic E-state index is 0.0968. The van der Waals surface area contributed by atoms with Gasteiger partial charge in [0.05, 0.1) is 10.5 Å². The molecule has 1 N–H and O–H groups in total. The fourth-order valence-corrected chi connectivity index (χ4v) is 1.96. The molecular formula is C15H17ClN2O. The van der Waals surface area contributed by atoms with Crippen molar-refractivity contribution in [3.05, 3.63) is 41.0 Å². The molecule has 0 aliphatic heterocycles. The first-order valence-electron chi connectivity index (χ1n) is 6.35. The fourth-order valence-electron chi connectivity index (χ4n) is 1.70. The second-order valence-corrected chi connectivity index (χ2v) is 5.42. The number of halogens is 1. The van der Waals surface area contributed by atoms with Crippen molar-refractivity contribution in [3.63, 3.8) is 0 Å². The lowest BCUT2D eigenvalue weighted by atomic mass is 10.1. The molecule has 0 fully saturated rings. The van der Waals surface area contributed by atoms with Gasteiger partial charge in [0, 0.05) is 11.4 Å². The van der Waals surface area contributed by atoms with Crippen LogP contribution in [0.4, 0.5) is 0 Å². The van der Waals surface area contributed by atoms with Crippen LogP contribution < -0.4 is 5.32 Å². The maximum absolute atomic E-state index is 12.1. The third-order valence-corrected chi connectivity index (χ3v) is 3.57. The summed E-state index contributed by atoms with van der Waals surface area (Å²) in [4.78, 5) is 16.5. The molecule has 1 aromatic heterocycles. The summed E-state index contributed by atoms with van der Waals surface area (Å²) >= 11 is 6.19. The molecule has 2 aromatic rings. The van der Waals surface area contributed by atoms with Crippen LogP contribution in [-0.2, 0) is 0 Å². The van der Waals surface area contributed by atoms with Crippen molar-refractivity contribution in [2.45, 2.75) is 26.8 Å². The van der Waals surface area contributed by atoms with E-state index in [2.05, 4.69) is 24.1 Å². The number of carbonyl (C=O) groups excluding carboxylic acids is 1. The van der Waals surface area contributed by atoms with Gasteiger partial charge in [0.1, 0.15) is 5.69 Å². The molecule has 0 aliphatic carbocycles. The van der Waals surface area contributed by atoms with Crippen LogP contribution in [0, 0.1) is 5.92 Å². The Hall–Kier alpha value is -1.61. The van der Waals surface area contributed by atoms with Gasteiger partial charge in [-0.15, -0.1) is 0 Å². The second-order valence-electron chi connectivity index (χ2n) is 5.01. The minimum Gasteiger partial charge on any atom is -0.348 e. The van der Waals surface area contributed by atoms with Crippen LogP contribution in [0.15, 0.2) is 30.3 Å². The number of rotatable bonds is 3. The molecule has 1 heterocycles. The van der Waals surface area contributed by atoms with Crippen LogP contribution in [0.3, 0.4) is 0 Å². The molecule has 100 valence electrons. The van der Waals surface area contributed by atoms with Gasteiger partial charge in [0.25, 0.3) is 5.91 Å². The van der Waals surface area contributed by atoms with Crippen molar-refractivity contribution in [1.29, 1.82) is 0 Å². The van der Waals surface area contributed by atoms with E-state index in [9.17, 15) is 4.79 Å². The number of fused-ring (bicyclic) bond motifs is 1. The summed E-state index contributed by atoms with van der Waals surface area (Å²) in [6, 6.07) is 9.24. The number of hydrogen-bond acceptors (Lipinski definition) is 2. The van der Waals surface area contributed by atoms with Crippen molar-refractivity contribution in [3.8, 4) is 0 Å². The van der Waals surface area contributed by atoms with Crippen LogP contribution in [0.25, 0.3) is 10.9 Å². The molecule has 4 heteroatoms. The Morgan fingerprint density at radius 2 is 1.95 bits per heavy atom. The Labute approximate surface area is 118 Å². The first-order chi connectivity index (χ1) is 8.99. The summed E-state index contributed by atoms with van der Waals surface area (Å²) < 4.78 is 0. The van der Waals surface area contributed by atoms with Crippen LogP contribution >= 0.6 is 11.6 Å². The van der Waals surface area contributed by atoms with E-state index in [-0.39, 0.29) is 11.9 Å². The Balaban J connectivity index is 2.33. The van der Waals surface area contributed by atoms with Gasteiger partial charge in [0.15, 0.2) is 0 Å². The molecular weight excluding hydrogens is 260 g/mol. The summed E-state index contributed by atoms with van der Waals surface area (Å²) in [6.07, 6.45) is 0. The van der Waals surface area contributed by atoms with Gasteiger partial charge in [-0.25, -0.2) is 4.98 Å². The highest BCUT2D eigenvalue weighted by atomic mass is 35.5. The van der Waals surface area contributed by atoms with Gasteiger partial charge < -0.3 is 5.32 Å². The molecule has 1 atom stereocenters. The smallest absolute Gasteiger partial charge is 0.270 e. The Morgan fingerprint density at radius 3 is 2.63 bits per heavy atom. The molecule has 19 heavy (non-hydrogen) atoms. The normalized spacial score (nSPS) is 12.7. The van der Waals surface area contributed by atoms with Gasteiger partial charge in [-0.3, -0.25) is 4.79 Å². The minimum atomic E-state index is -0.186. The molecule has 1 amide bonds. The highest BCUT2D eigenvalue weighted by Crippen LogP contribution is 2.22. The Bertz CT molecular complexity index is 610. The molecule has 0 spiro atoms. The number of para-hydroxylation sites is 1. The SMILES string of the molecule is CC(C)C(C)NC(=O)c1cc(Cl)c2ccccc2n1. The number of carbonyl (C=O) groups is 1. The third-order valence-electron chi connectivity index (χ3n) is 3.26. The summed E-state index contributed by atoms with van der Waals surface area (Å²) in [6.45, 7) is 6.10. The summed E-state index contributed by atoms with van der Waals surface area (Å²) in [5, 5.41) is 4.34. The summed E-state index contributed by atoms with van der Waals surface area (Å²) in [5.41, 5.74) is 1.09. The number of amides is 1. The second kappa shape index (κ2) is 5.57. The summed E-state index contributed by atoms with van der Waals surface area (Å²) in [5.74, 6) is 0.189. The Kier molecular flexibility index (Phi) is 4.05. The number of pyridine rings is 1. The summed E-state index contributed by atoms with van der Waals surface area (Å²) in [7, 11) is 0. The van der Waals surface area contributed by atoms with E-state index < -0.39 is 0 Å². The van der Waals surface area contributed by atoms with E-state index >= 15 is 0 Å². The molecule has 3 nitrogen and oxygen atoms in total. The molecule has 0 aliphatic rings. The van der Waals surface area contributed by atoms with Gasteiger partial charge in [0.2, 0.25) is 0 Å². The topological polar surface area (TPSA) is 42.0 Å². The first kappa shape index (κ1) is 13.8. The number of nitrogens with one attached hydrogen (secondary N) is 1. The highest BCUT2D eigenvalue weighted by molar-refractivity contribution is 6.35. The average Bonchev–Trinajstić information content (AvgIpc) is 2.38. The quantitative estimate of drug-likeness (QED) is 0.929. The van der Waals surface area contributed by atoms with Crippen LogP contribution in [0.1, 0.15) is 31.3 Å². The lowest BCUT2D eigenvalue weighted by Gasteiger charge is -2.17. The molecule has 1 unspecified atom stereocenters. The molecule has 2 rings (SSSR count). The monoisotopic (exact) mass is 276 g/mol. The maximum Gasteiger partial charge on any atom is 0.270 e. The van der Waals surface area contributed by atoms with Crippen LogP contribution in [0.2, 0.25) is 5.02 Å². The van der Waals surface area contributed by atoms with E-state index in [0.717, 1.165) is 10.9 Å². The van der Waals surface area contributed by atoms with Gasteiger partial charge in [-0.05, 0) is 25.0 Å². The predicted octanol–water partition coefficient (Wildman–Crippen LogP) is 3.66. The lowest BCUT2D eigenvalue weighted by Crippen LogP contribution is -2.36. The number of aromatic nitrogens is 1. The van der Waals surface area contributed by atoms with Crippen molar-refractivity contribution in [1.82, 2.24) is 10.3 Å². The van der Waals surface area contributed by atoms with Gasteiger partial charge >= 0.3 is 0 Å². The van der Waals surface area contributed by atoms with Gasteiger partial charge in [-0.2, -0.15) is 0 Å². The van der Waals surface area contributed by atoms with E-state index in [1.807, 2.05) is 31.2 Å². The van der Waals surface area contributed by atoms with Crippen molar-refractivity contribution < 1.29 is 4.79 Å². The van der Waals surface area contributed by atoms with Crippen molar-refractivity contribution >= 4 is 28.4 Å². The van der Waals surface area contributed by atoms with E-state index in [1.165, 1.54) is 0 Å². The fraction of sp³-hybridized carbons (Fsp3) is 0.333. The van der Waals surface area contributed by atoms with E-state index in [4.69, 9.17) is 11.6 Å². The number of benzene rings is 1. The zero-order valence-electron chi connectivity index (χ0n) is 11.3.